The summed E-state index contributed by atoms with van der Waals surface area (Å²) in [5.74, 6) is 0.695. The van der Waals surface area contributed by atoms with Crippen LogP contribution in [0.1, 0.15) is 17.2 Å². The molecule has 0 fully saturated rings. The third kappa shape index (κ3) is 2.24. The molecule has 3 rings (SSSR count). The fraction of sp³-hybridized carbons (Fsp3) is 0.133. The van der Waals surface area contributed by atoms with Crippen molar-refractivity contribution in [2.45, 2.75) is 6.04 Å². The Labute approximate surface area is 111 Å². The topological polar surface area (TPSA) is 21.6 Å². The number of nitrogens with zero attached hydrogens (tertiary/aromatic N) is 1. The number of hydrogen-bond donors (Lipinski definition) is 0. The Hall–Kier alpha value is -1.80. The maximum Gasteiger partial charge on any atom is 0.216 e. The summed E-state index contributed by atoms with van der Waals surface area (Å²) >= 11 is 5.86. The Morgan fingerprint density at radius 2 is 1.72 bits per heavy atom. The second-order valence-electron chi connectivity index (χ2n) is 4.18. The van der Waals surface area contributed by atoms with Gasteiger partial charge in [0.05, 0.1) is 0 Å². The molecule has 0 saturated carbocycles. The molecule has 1 aliphatic heterocycles. The van der Waals surface area contributed by atoms with E-state index in [4.69, 9.17) is 16.3 Å². The van der Waals surface area contributed by atoms with Gasteiger partial charge in [0, 0.05) is 10.6 Å². The third-order valence-electron chi connectivity index (χ3n) is 2.93. The zero-order valence-corrected chi connectivity index (χ0v) is 10.5. The predicted molar refractivity (Wildman–Crippen MR) is 73.1 cm³/mol. The first-order valence-corrected chi connectivity index (χ1v) is 6.22. The van der Waals surface area contributed by atoms with E-state index in [0.29, 0.717) is 12.5 Å². The number of aliphatic imine (C=N–C) groups is 1. The molecule has 1 heterocycles. The SMILES string of the molecule is Clc1ccc(C2=N[C@H](c3ccccc3)CO2)cc1. The number of rotatable bonds is 2. The first-order valence-electron chi connectivity index (χ1n) is 5.84. The van der Waals surface area contributed by atoms with Gasteiger partial charge in [-0.15, -0.1) is 0 Å². The van der Waals surface area contributed by atoms with Crippen molar-refractivity contribution in [2.24, 2.45) is 4.99 Å². The summed E-state index contributed by atoms with van der Waals surface area (Å²) in [6.07, 6.45) is 0. The van der Waals surface area contributed by atoms with Crippen molar-refractivity contribution in [3.05, 3.63) is 70.7 Å². The average molecular weight is 258 g/mol. The first kappa shape index (κ1) is 11.3. The molecule has 0 radical (unpaired) electrons. The molecule has 1 atom stereocenters. The highest BCUT2D eigenvalue weighted by molar-refractivity contribution is 6.30. The number of halogens is 1. The largest absolute Gasteiger partial charge is 0.475 e. The summed E-state index contributed by atoms with van der Waals surface area (Å²) in [6, 6.07) is 17.8. The summed E-state index contributed by atoms with van der Waals surface area (Å²) in [6.45, 7) is 0.599. The van der Waals surface area contributed by atoms with Crippen molar-refractivity contribution in [1.29, 1.82) is 0 Å². The number of ether oxygens (including phenoxy) is 1. The molecule has 2 aromatic carbocycles. The molecule has 2 nitrogen and oxygen atoms in total. The van der Waals surface area contributed by atoms with Gasteiger partial charge >= 0.3 is 0 Å². The molecule has 0 aromatic heterocycles. The van der Waals surface area contributed by atoms with Gasteiger partial charge in [-0.3, -0.25) is 0 Å². The van der Waals surface area contributed by atoms with E-state index < -0.39 is 0 Å². The Morgan fingerprint density at radius 3 is 2.44 bits per heavy atom. The van der Waals surface area contributed by atoms with Gasteiger partial charge in [0.1, 0.15) is 12.6 Å². The lowest BCUT2D eigenvalue weighted by Crippen LogP contribution is -2.00. The van der Waals surface area contributed by atoms with Crippen LogP contribution in [0.4, 0.5) is 0 Å². The Morgan fingerprint density at radius 1 is 1.00 bits per heavy atom. The summed E-state index contributed by atoms with van der Waals surface area (Å²) in [4.78, 5) is 4.61. The zero-order chi connectivity index (χ0) is 12.4. The zero-order valence-electron chi connectivity index (χ0n) is 9.71. The Balaban J connectivity index is 1.86. The minimum absolute atomic E-state index is 0.0943. The molecule has 2 aromatic rings. The van der Waals surface area contributed by atoms with Crippen LogP contribution in [0, 0.1) is 0 Å². The van der Waals surface area contributed by atoms with Crippen LogP contribution < -0.4 is 0 Å². The van der Waals surface area contributed by atoms with E-state index in [1.807, 2.05) is 42.5 Å². The normalized spacial score (nSPS) is 18.3. The van der Waals surface area contributed by atoms with Crippen molar-refractivity contribution in [3.63, 3.8) is 0 Å². The minimum atomic E-state index is 0.0943. The van der Waals surface area contributed by atoms with Crippen molar-refractivity contribution in [3.8, 4) is 0 Å². The summed E-state index contributed by atoms with van der Waals surface area (Å²) in [5.41, 5.74) is 2.15. The van der Waals surface area contributed by atoms with Crippen LogP contribution in [0.3, 0.4) is 0 Å². The van der Waals surface area contributed by atoms with Crippen LogP contribution in [0.25, 0.3) is 0 Å². The number of hydrogen-bond acceptors (Lipinski definition) is 2. The lowest BCUT2D eigenvalue weighted by atomic mass is 10.1. The fourth-order valence-electron chi connectivity index (χ4n) is 1.97. The standard InChI is InChI=1S/C15H12ClNO/c16-13-8-6-12(7-9-13)15-17-14(10-18-15)11-4-2-1-3-5-11/h1-9,14H,10H2/t14-/m0/s1. The molecule has 0 bridgehead atoms. The summed E-state index contributed by atoms with van der Waals surface area (Å²) in [7, 11) is 0. The van der Waals surface area contributed by atoms with Crippen LogP contribution in [-0.4, -0.2) is 12.5 Å². The van der Waals surface area contributed by atoms with E-state index in [-0.39, 0.29) is 6.04 Å². The smallest absolute Gasteiger partial charge is 0.216 e. The van der Waals surface area contributed by atoms with Crippen LogP contribution in [0.2, 0.25) is 5.02 Å². The molecule has 90 valence electrons. The third-order valence-corrected chi connectivity index (χ3v) is 3.18. The van der Waals surface area contributed by atoms with Gasteiger partial charge in [-0.1, -0.05) is 41.9 Å². The maximum atomic E-state index is 5.86. The van der Waals surface area contributed by atoms with Gasteiger partial charge in [0.2, 0.25) is 5.90 Å². The van der Waals surface area contributed by atoms with E-state index >= 15 is 0 Å². The molecule has 0 N–H and O–H groups in total. The van der Waals surface area contributed by atoms with Gasteiger partial charge in [0.15, 0.2) is 0 Å². The molecule has 0 aliphatic carbocycles. The monoisotopic (exact) mass is 257 g/mol. The quantitative estimate of drug-likeness (QED) is 0.801. The molecule has 0 amide bonds. The van der Waals surface area contributed by atoms with Crippen LogP contribution in [0.15, 0.2) is 59.6 Å². The van der Waals surface area contributed by atoms with Gasteiger partial charge in [-0.2, -0.15) is 0 Å². The van der Waals surface area contributed by atoms with Crippen molar-refractivity contribution < 1.29 is 4.74 Å². The summed E-state index contributed by atoms with van der Waals surface area (Å²) in [5, 5.41) is 0.719. The van der Waals surface area contributed by atoms with Gasteiger partial charge in [-0.05, 0) is 29.8 Å². The van der Waals surface area contributed by atoms with Crippen LogP contribution >= 0.6 is 11.6 Å². The fourth-order valence-corrected chi connectivity index (χ4v) is 2.10. The Bertz CT molecular complexity index is 563. The van der Waals surface area contributed by atoms with E-state index in [9.17, 15) is 0 Å². The van der Waals surface area contributed by atoms with Gasteiger partial charge < -0.3 is 4.74 Å². The molecule has 1 aliphatic rings. The highest BCUT2D eigenvalue weighted by Gasteiger charge is 2.21. The lowest BCUT2D eigenvalue weighted by Gasteiger charge is -2.03. The molecule has 3 heteroatoms. The average Bonchev–Trinajstić information content (AvgIpc) is 2.90. The molecule has 18 heavy (non-hydrogen) atoms. The second kappa shape index (κ2) is 4.83. The minimum Gasteiger partial charge on any atom is -0.475 e. The molecular weight excluding hydrogens is 246 g/mol. The lowest BCUT2D eigenvalue weighted by molar-refractivity contribution is 0.320. The van der Waals surface area contributed by atoms with Gasteiger partial charge in [-0.25, -0.2) is 4.99 Å². The highest BCUT2D eigenvalue weighted by Crippen LogP contribution is 2.25. The van der Waals surface area contributed by atoms with Crippen molar-refractivity contribution >= 4 is 17.5 Å². The second-order valence-corrected chi connectivity index (χ2v) is 4.62. The summed E-state index contributed by atoms with van der Waals surface area (Å²) < 4.78 is 5.65. The maximum absolute atomic E-state index is 5.86. The van der Waals surface area contributed by atoms with E-state index in [1.54, 1.807) is 0 Å². The van der Waals surface area contributed by atoms with Crippen LogP contribution in [0.5, 0.6) is 0 Å². The first-order chi connectivity index (χ1) is 8.83. The predicted octanol–water partition coefficient (Wildman–Crippen LogP) is 3.86. The van der Waals surface area contributed by atoms with Crippen molar-refractivity contribution in [1.82, 2.24) is 0 Å². The molecule has 0 unspecified atom stereocenters. The molecule has 0 spiro atoms. The van der Waals surface area contributed by atoms with E-state index in [0.717, 1.165) is 10.6 Å². The van der Waals surface area contributed by atoms with Gasteiger partial charge in [0.25, 0.3) is 0 Å². The van der Waals surface area contributed by atoms with E-state index in [2.05, 4.69) is 17.1 Å². The van der Waals surface area contributed by atoms with Crippen molar-refractivity contribution in [2.75, 3.05) is 6.61 Å². The molecule has 0 saturated heterocycles. The van der Waals surface area contributed by atoms with Crippen LogP contribution in [-0.2, 0) is 4.74 Å². The Kier molecular flexibility index (Phi) is 3.03. The molecular formula is C15H12ClNO. The van der Waals surface area contributed by atoms with E-state index in [1.165, 1.54) is 5.56 Å². The number of benzene rings is 2. The highest BCUT2D eigenvalue weighted by atomic mass is 35.5.